The lowest BCUT2D eigenvalue weighted by Gasteiger charge is -2.01. The zero-order valence-corrected chi connectivity index (χ0v) is 10.5. The van der Waals surface area contributed by atoms with Crippen molar-refractivity contribution < 1.29 is 4.79 Å². The molecule has 0 aliphatic heterocycles. The zero-order chi connectivity index (χ0) is 10.8. The van der Waals surface area contributed by atoms with Gasteiger partial charge in [-0.2, -0.15) is 0 Å². The number of nitrogens with zero attached hydrogens (tertiary/aromatic N) is 2. The summed E-state index contributed by atoms with van der Waals surface area (Å²) in [6, 6.07) is 1.87. The summed E-state index contributed by atoms with van der Waals surface area (Å²) in [7, 11) is 0. The van der Waals surface area contributed by atoms with Crippen molar-refractivity contribution in [2.45, 2.75) is 13.5 Å². The van der Waals surface area contributed by atoms with E-state index in [1.165, 1.54) is 0 Å². The molecule has 5 heteroatoms. The van der Waals surface area contributed by atoms with E-state index in [1.54, 1.807) is 11.3 Å². The van der Waals surface area contributed by atoms with Gasteiger partial charge in [-0.25, -0.2) is 4.98 Å². The number of aromatic nitrogens is 2. The van der Waals surface area contributed by atoms with E-state index in [4.69, 9.17) is 0 Å². The topological polar surface area (TPSA) is 34.9 Å². The Hall–Kier alpha value is -0.940. The van der Waals surface area contributed by atoms with E-state index in [9.17, 15) is 4.79 Å². The van der Waals surface area contributed by atoms with Crippen molar-refractivity contribution in [3.63, 3.8) is 0 Å². The molecule has 0 aromatic carbocycles. The smallest absolute Gasteiger partial charge is 0.166 e. The first-order valence-electron chi connectivity index (χ1n) is 4.41. The third-order valence-corrected chi connectivity index (χ3v) is 3.46. The molecule has 78 valence electrons. The monoisotopic (exact) mass is 284 g/mol. The van der Waals surface area contributed by atoms with Crippen LogP contribution in [0.3, 0.4) is 0 Å². The standard InChI is InChI=1S/C10H9BrN2OS/c1-7-2-9(5-14)13(3-7)4-8-6-15-10(11)12-8/h2-3,5-6H,4H2,1H3. The maximum absolute atomic E-state index is 10.8. The molecule has 0 spiro atoms. The van der Waals surface area contributed by atoms with Gasteiger partial charge in [0.25, 0.3) is 0 Å². The number of aryl methyl sites for hydroxylation is 1. The summed E-state index contributed by atoms with van der Waals surface area (Å²) in [6.07, 6.45) is 2.82. The zero-order valence-electron chi connectivity index (χ0n) is 8.11. The van der Waals surface area contributed by atoms with E-state index in [0.29, 0.717) is 12.2 Å². The summed E-state index contributed by atoms with van der Waals surface area (Å²) in [5.41, 5.74) is 2.74. The normalized spacial score (nSPS) is 10.5. The predicted octanol–water partition coefficient (Wildman–Crippen LogP) is 2.88. The van der Waals surface area contributed by atoms with Crippen LogP contribution in [0.5, 0.6) is 0 Å². The number of thiazole rings is 1. The Balaban J connectivity index is 2.27. The molecule has 0 aliphatic rings. The van der Waals surface area contributed by atoms with Crippen molar-refractivity contribution in [1.29, 1.82) is 0 Å². The van der Waals surface area contributed by atoms with Crippen LogP contribution < -0.4 is 0 Å². The molecule has 2 aromatic heterocycles. The van der Waals surface area contributed by atoms with Gasteiger partial charge in [0, 0.05) is 11.6 Å². The molecule has 2 heterocycles. The molecule has 15 heavy (non-hydrogen) atoms. The summed E-state index contributed by atoms with van der Waals surface area (Å²) in [6.45, 7) is 2.62. The third kappa shape index (κ3) is 2.35. The lowest BCUT2D eigenvalue weighted by atomic mass is 10.3. The number of carbonyl (C=O) groups is 1. The molecule has 0 bridgehead atoms. The number of halogens is 1. The van der Waals surface area contributed by atoms with Crippen molar-refractivity contribution in [1.82, 2.24) is 9.55 Å². The second-order valence-corrected chi connectivity index (χ2v) is 5.41. The van der Waals surface area contributed by atoms with Gasteiger partial charge in [0.2, 0.25) is 0 Å². The molecule has 0 saturated heterocycles. The minimum atomic E-state index is 0.643. The van der Waals surface area contributed by atoms with Gasteiger partial charge < -0.3 is 4.57 Å². The van der Waals surface area contributed by atoms with Crippen LogP contribution in [0.4, 0.5) is 0 Å². The molecular formula is C10H9BrN2OS. The van der Waals surface area contributed by atoms with E-state index >= 15 is 0 Å². The van der Waals surface area contributed by atoms with E-state index in [0.717, 1.165) is 21.5 Å². The van der Waals surface area contributed by atoms with Gasteiger partial charge in [0.15, 0.2) is 10.2 Å². The first-order chi connectivity index (χ1) is 7.19. The van der Waals surface area contributed by atoms with Crippen LogP contribution in [0.2, 0.25) is 0 Å². The summed E-state index contributed by atoms with van der Waals surface area (Å²) < 4.78 is 2.78. The molecule has 0 N–H and O–H groups in total. The maximum Gasteiger partial charge on any atom is 0.166 e. The van der Waals surface area contributed by atoms with E-state index in [-0.39, 0.29) is 0 Å². The molecular weight excluding hydrogens is 276 g/mol. The van der Waals surface area contributed by atoms with Crippen LogP contribution in [0.15, 0.2) is 21.6 Å². The Morgan fingerprint density at radius 2 is 2.47 bits per heavy atom. The Labute approximate surface area is 99.9 Å². The van der Waals surface area contributed by atoms with Crippen molar-refractivity contribution in [3.8, 4) is 0 Å². The lowest BCUT2D eigenvalue weighted by Crippen LogP contribution is -2.02. The van der Waals surface area contributed by atoms with Gasteiger partial charge in [-0.05, 0) is 34.5 Å². The minimum absolute atomic E-state index is 0.643. The van der Waals surface area contributed by atoms with Gasteiger partial charge in [0.05, 0.1) is 17.9 Å². The fraction of sp³-hybridized carbons (Fsp3) is 0.200. The Morgan fingerprint density at radius 1 is 1.67 bits per heavy atom. The maximum atomic E-state index is 10.8. The van der Waals surface area contributed by atoms with Gasteiger partial charge in [-0.15, -0.1) is 11.3 Å². The molecule has 3 nitrogen and oxygen atoms in total. The molecule has 0 atom stereocenters. The van der Waals surface area contributed by atoms with Gasteiger partial charge in [-0.1, -0.05) is 0 Å². The second kappa shape index (κ2) is 4.28. The number of aldehydes is 1. The summed E-state index contributed by atoms with van der Waals surface area (Å²) >= 11 is 4.86. The average molecular weight is 285 g/mol. The largest absolute Gasteiger partial charge is 0.339 e. The molecule has 0 saturated carbocycles. The molecule has 0 radical (unpaired) electrons. The van der Waals surface area contributed by atoms with E-state index in [2.05, 4.69) is 20.9 Å². The summed E-state index contributed by atoms with van der Waals surface area (Å²) in [5, 5.41) is 1.98. The molecule has 0 amide bonds. The average Bonchev–Trinajstić information content (AvgIpc) is 2.73. The fourth-order valence-electron chi connectivity index (χ4n) is 1.44. The SMILES string of the molecule is Cc1cc(C=O)n(Cc2csc(Br)n2)c1. The minimum Gasteiger partial charge on any atom is -0.339 e. The highest BCUT2D eigenvalue weighted by molar-refractivity contribution is 9.11. The highest BCUT2D eigenvalue weighted by Gasteiger charge is 2.05. The first-order valence-corrected chi connectivity index (χ1v) is 6.08. The number of hydrogen-bond acceptors (Lipinski definition) is 3. The lowest BCUT2D eigenvalue weighted by molar-refractivity contribution is 0.111. The van der Waals surface area contributed by atoms with E-state index < -0.39 is 0 Å². The molecule has 0 unspecified atom stereocenters. The van der Waals surface area contributed by atoms with Crippen molar-refractivity contribution in [2.75, 3.05) is 0 Å². The Kier molecular flexibility index (Phi) is 3.02. The van der Waals surface area contributed by atoms with Crippen LogP contribution in [0.25, 0.3) is 0 Å². The molecule has 0 aliphatic carbocycles. The third-order valence-electron chi connectivity index (χ3n) is 2.04. The quantitative estimate of drug-likeness (QED) is 0.813. The van der Waals surface area contributed by atoms with Gasteiger partial charge >= 0.3 is 0 Å². The van der Waals surface area contributed by atoms with Gasteiger partial charge in [0.1, 0.15) is 0 Å². The van der Waals surface area contributed by atoms with Crippen LogP contribution in [-0.4, -0.2) is 15.8 Å². The first kappa shape index (κ1) is 10.6. The highest BCUT2D eigenvalue weighted by atomic mass is 79.9. The van der Waals surface area contributed by atoms with E-state index in [1.807, 2.05) is 29.1 Å². The number of carbonyl (C=O) groups excluding carboxylic acids is 1. The molecule has 0 fully saturated rings. The van der Waals surface area contributed by atoms with Crippen molar-refractivity contribution >= 4 is 33.6 Å². The van der Waals surface area contributed by atoms with Crippen LogP contribution in [0, 0.1) is 6.92 Å². The summed E-state index contributed by atoms with van der Waals surface area (Å²) in [4.78, 5) is 15.1. The molecule has 2 rings (SSSR count). The van der Waals surface area contributed by atoms with Crippen molar-refractivity contribution in [3.05, 3.63) is 38.5 Å². The fourth-order valence-corrected chi connectivity index (χ4v) is 2.48. The number of rotatable bonds is 3. The van der Waals surface area contributed by atoms with Gasteiger partial charge in [-0.3, -0.25) is 4.79 Å². The Morgan fingerprint density at radius 3 is 3.07 bits per heavy atom. The summed E-state index contributed by atoms with van der Waals surface area (Å²) in [5.74, 6) is 0. The number of hydrogen-bond donors (Lipinski definition) is 0. The van der Waals surface area contributed by atoms with Crippen LogP contribution in [-0.2, 0) is 6.54 Å². The van der Waals surface area contributed by atoms with Crippen LogP contribution >= 0.6 is 27.3 Å². The van der Waals surface area contributed by atoms with Crippen molar-refractivity contribution in [2.24, 2.45) is 0 Å². The molecule has 2 aromatic rings. The Bertz CT molecular complexity index is 489. The van der Waals surface area contributed by atoms with Crippen LogP contribution in [0.1, 0.15) is 21.7 Å². The predicted molar refractivity (Wildman–Crippen MR) is 63.5 cm³/mol. The highest BCUT2D eigenvalue weighted by Crippen LogP contribution is 2.17. The second-order valence-electron chi connectivity index (χ2n) is 3.28.